The summed E-state index contributed by atoms with van der Waals surface area (Å²) in [6.07, 6.45) is 0. The van der Waals surface area contributed by atoms with Gasteiger partial charge in [-0.15, -0.1) is 0 Å². The number of anilines is 1. The van der Waals surface area contributed by atoms with E-state index in [2.05, 4.69) is 26.5 Å². The number of rotatable bonds is 4. The third kappa shape index (κ3) is 3.52. The largest absolute Gasteiger partial charge is 0.477 e. The highest BCUT2D eigenvalue weighted by Crippen LogP contribution is 2.27. The Morgan fingerprint density at radius 3 is 2.76 bits per heavy atom. The smallest absolute Gasteiger partial charge is 0.351 e. The number of nitro benzene ring substituents is 1. The summed E-state index contributed by atoms with van der Waals surface area (Å²) in [6, 6.07) is 4.24. The molecule has 0 aromatic heterocycles. The Kier molecular flexibility index (Phi) is 4.16. The van der Waals surface area contributed by atoms with Crippen molar-refractivity contribution in [2.45, 2.75) is 6.92 Å². The van der Waals surface area contributed by atoms with Gasteiger partial charge in [0.1, 0.15) is 11.4 Å². The molecule has 1 aromatic rings. The van der Waals surface area contributed by atoms with Crippen molar-refractivity contribution < 1.29 is 14.8 Å². The summed E-state index contributed by atoms with van der Waals surface area (Å²) in [7, 11) is 0. The van der Waals surface area contributed by atoms with Crippen LogP contribution in [0.25, 0.3) is 0 Å². The zero-order chi connectivity index (χ0) is 13.0. The fraction of sp³-hybridized carbons (Fsp3) is 0.111. The Morgan fingerprint density at radius 2 is 2.24 bits per heavy atom. The van der Waals surface area contributed by atoms with Crippen molar-refractivity contribution in [3.63, 3.8) is 0 Å². The SMILES string of the molecule is C/C(=N/Nc1cc(Br)ccc1[N+](=O)[O-])C(=O)O. The van der Waals surface area contributed by atoms with E-state index in [-0.39, 0.29) is 17.1 Å². The minimum atomic E-state index is -1.20. The first-order chi connectivity index (χ1) is 7.91. The van der Waals surface area contributed by atoms with E-state index in [0.717, 1.165) is 0 Å². The zero-order valence-corrected chi connectivity index (χ0v) is 10.3. The quantitative estimate of drug-likeness (QED) is 0.504. The first-order valence-corrected chi connectivity index (χ1v) is 5.18. The molecule has 0 heterocycles. The molecule has 17 heavy (non-hydrogen) atoms. The highest BCUT2D eigenvalue weighted by molar-refractivity contribution is 9.10. The maximum Gasteiger partial charge on any atom is 0.351 e. The van der Waals surface area contributed by atoms with Crippen LogP contribution in [0, 0.1) is 10.1 Å². The zero-order valence-electron chi connectivity index (χ0n) is 8.68. The fourth-order valence-electron chi connectivity index (χ4n) is 0.949. The topological polar surface area (TPSA) is 105 Å². The molecule has 0 radical (unpaired) electrons. The molecule has 0 aliphatic heterocycles. The van der Waals surface area contributed by atoms with Crippen molar-refractivity contribution in [3.8, 4) is 0 Å². The number of aliphatic carboxylic acids is 1. The normalized spacial score (nSPS) is 11.1. The lowest BCUT2D eigenvalue weighted by molar-refractivity contribution is -0.384. The van der Waals surface area contributed by atoms with Gasteiger partial charge >= 0.3 is 5.97 Å². The molecule has 0 saturated heterocycles. The second-order valence-electron chi connectivity index (χ2n) is 3.03. The Balaban J connectivity index is 3.05. The van der Waals surface area contributed by atoms with Crippen LogP contribution in [0.2, 0.25) is 0 Å². The minimum Gasteiger partial charge on any atom is -0.477 e. The van der Waals surface area contributed by atoms with E-state index in [0.29, 0.717) is 4.47 Å². The van der Waals surface area contributed by atoms with Crippen LogP contribution < -0.4 is 5.43 Å². The number of carbonyl (C=O) groups is 1. The molecule has 0 aliphatic rings. The summed E-state index contributed by atoms with van der Waals surface area (Å²) in [6.45, 7) is 1.28. The van der Waals surface area contributed by atoms with E-state index >= 15 is 0 Å². The van der Waals surface area contributed by atoms with Gasteiger partial charge in [-0.3, -0.25) is 15.5 Å². The number of hydrazone groups is 1. The van der Waals surface area contributed by atoms with Gasteiger partial charge in [-0.1, -0.05) is 15.9 Å². The fourth-order valence-corrected chi connectivity index (χ4v) is 1.31. The first-order valence-electron chi connectivity index (χ1n) is 4.39. The van der Waals surface area contributed by atoms with E-state index in [4.69, 9.17) is 5.11 Å². The summed E-state index contributed by atoms with van der Waals surface area (Å²) < 4.78 is 0.619. The summed E-state index contributed by atoms with van der Waals surface area (Å²) in [5.74, 6) is -1.20. The van der Waals surface area contributed by atoms with Crippen LogP contribution in [0.3, 0.4) is 0 Å². The molecular formula is C9H8BrN3O4. The molecule has 7 nitrogen and oxygen atoms in total. The molecule has 1 aromatic carbocycles. The molecule has 8 heteroatoms. The number of nitrogens with zero attached hydrogens (tertiary/aromatic N) is 2. The molecule has 0 aliphatic carbocycles. The Morgan fingerprint density at radius 1 is 1.59 bits per heavy atom. The van der Waals surface area contributed by atoms with Gasteiger partial charge in [-0.25, -0.2) is 4.79 Å². The predicted molar refractivity (Wildman–Crippen MR) is 65.2 cm³/mol. The molecule has 0 amide bonds. The van der Waals surface area contributed by atoms with Gasteiger partial charge in [0.25, 0.3) is 5.69 Å². The average molecular weight is 302 g/mol. The lowest BCUT2D eigenvalue weighted by Crippen LogP contribution is -2.10. The van der Waals surface area contributed by atoms with Crippen molar-refractivity contribution in [2.24, 2.45) is 5.10 Å². The van der Waals surface area contributed by atoms with Gasteiger partial charge in [-0.2, -0.15) is 5.10 Å². The summed E-state index contributed by atoms with van der Waals surface area (Å²) >= 11 is 3.15. The number of benzene rings is 1. The third-order valence-corrected chi connectivity index (χ3v) is 2.30. The number of carboxylic acids is 1. The second-order valence-corrected chi connectivity index (χ2v) is 3.95. The number of carboxylic acid groups (broad SMARTS) is 1. The highest BCUT2D eigenvalue weighted by atomic mass is 79.9. The first kappa shape index (κ1) is 13.1. The summed E-state index contributed by atoms with van der Waals surface area (Å²) in [5.41, 5.74) is 2.09. The second kappa shape index (κ2) is 5.39. The van der Waals surface area contributed by atoms with Crippen LogP contribution in [0.1, 0.15) is 6.92 Å². The number of nitrogens with one attached hydrogen (secondary N) is 1. The molecule has 0 bridgehead atoms. The van der Waals surface area contributed by atoms with Gasteiger partial charge in [0.05, 0.1) is 4.92 Å². The molecule has 2 N–H and O–H groups in total. The van der Waals surface area contributed by atoms with Crippen LogP contribution in [-0.4, -0.2) is 21.7 Å². The van der Waals surface area contributed by atoms with E-state index in [1.165, 1.54) is 25.1 Å². The van der Waals surface area contributed by atoms with Gasteiger partial charge in [0, 0.05) is 10.5 Å². The average Bonchev–Trinajstić information content (AvgIpc) is 2.25. The third-order valence-electron chi connectivity index (χ3n) is 1.81. The van der Waals surface area contributed by atoms with Crippen LogP contribution in [0.4, 0.5) is 11.4 Å². The molecule has 1 rings (SSSR count). The van der Waals surface area contributed by atoms with Crippen LogP contribution in [-0.2, 0) is 4.79 Å². The van der Waals surface area contributed by atoms with Crippen LogP contribution >= 0.6 is 15.9 Å². The molecule has 90 valence electrons. The maximum absolute atomic E-state index is 10.7. The van der Waals surface area contributed by atoms with E-state index in [1.807, 2.05) is 0 Å². The molecular weight excluding hydrogens is 294 g/mol. The predicted octanol–water partition coefficient (Wildman–Crippen LogP) is 2.23. The van der Waals surface area contributed by atoms with Crippen LogP contribution in [0.15, 0.2) is 27.8 Å². The number of hydrogen-bond donors (Lipinski definition) is 2. The maximum atomic E-state index is 10.7. The van der Waals surface area contributed by atoms with Gasteiger partial charge in [0.15, 0.2) is 0 Å². The number of hydrogen-bond acceptors (Lipinski definition) is 5. The molecule has 0 saturated carbocycles. The number of nitro groups is 1. The Bertz CT molecular complexity index is 501. The van der Waals surface area contributed by atoms with E-state index < -0.39 is 10.9 Å². The Hall–Kier alpha value is -1.96. The van der Waals surface area contributed by atoms with E-state index in [9.17, 15) is 14.9 Å². The van der Waals surface area contributed by atoms with E-state index in [1.54, 1.807) is 0 Å². The summed E-state index contributed by atoms with van der Waals surface area (Å²) in [5, 5.41) is 22.8. The molecule has 0 spiro atoms. The molecule has 0 fully saturated rings. The van der Waals surface area contributed by atoms with Crippen molar-refractivity contribution in [1.29, 1.82) is 0 Å². The van der Waals surface area contributed by atoms with Crippen molar-refractivity contribution >= 4 is 39.0 Å². The van der Waals surface area contributed by atoms with Gasteiger partial charge in [-0.05, 0) is 19.1 Å². The van der Waals surface area contributed by atoms with Crippen LogP contribution in [0.5, 0.6) is 0 Å². The number of halogens is 1. The molecule has 0 atom stereocenters. The van der Waals surface area contributed by atoms with Gasteiger partial charge in [0.2, 0.25) is 0 Å². The lowest BCUT2D eigenvalue weighted by Gasteiger charge is -2.03. The standard InChI is InChI=1S/C9H8BrN3O4/c1-5(9(14)15)11-12-7-4-6(10)2-3-8(7)13(16)17/h2-4,12H,1H3,(H,14,15)/b11-5-. The molecule has 0 unspecified atom stereocenters. The van der Waals surface area contributed by atoms with Crippen molar-refractivity contribution in [1.82, 2.24) is 0 Å². The lowest BCUT2D eigenvalue weighted by atomic mass is 10.3. The monoisotopic (exact) mass is 301 g/mol. The van der Waals surface area contributed by atoms with Gasteiger partial charge < -0.3 is 5.11 Å². The Labute approximate surface area is 104 Å². The minimum absolute atomic E-state index is 0.116. The van der Waals surface area contributed by atoms with Crippen molar-refractivity contribution in [2.75, 3.05) is 5.43 Å². The van der Waals surface area contributed by atoms with Crippen molar-refractivity contribution in [3.05, 3.63) is 32.8 Å². The highest BCUT2D eigenvalue weighted by Gasteiger charge is 2.13. The summed E-state index contributed by atoms with van der Waals surface area (Å²) in [4.78, 5) is 20.6.